The molecule has 3 aliphatic rings. The Morgan fingerprint density at radius 2 is 1.60 bits per heavy atom. The zero-order valence-corrected chi connectivity index (χ0v) is 12.9. The smallest absolute Gasteiger partial charge is 0.0484 e. The molecule has 4 heteroatoms. The Morgan fingerprint density at radius 1 is 0.950 bits per heavy atom. The summed E-state index contributed by atoms with van der Waals surface area (Å²) in [6.45, 7) is 7.91. The Bertz CT molecular complexity index is 290. The number of likely N-dealkylation sites (tertiary alicyclic amines) is 2. The summed E-state index contributed by atoms with van der Waals surface area (Å²) in [5.74, 6) is 0. The summed E-state index contributed by atoms with van der Waals surface area (Å²) in [5, 5.41) is 0. The third-order valence-corrected chi connectivity index (χ3v) is 5.49. The minimum atomic E-state index is 0.0101. The molecule has 0 aromatic heterocycles. The third-order valence-electron chi connectivity index (χ3n) is 5.49. The van der Waals surface area contributed by atoms with Crippen LogP contribution < -0.4 is 5.73 Å². The molecule has 0 radical (unpaired) electrons. The van der Waals surface area contributed by atoms with Crippen LogP contribution >= 0.6 is 0 Å². The van der Waals surface area contributed by atoms with E-state index in [1.165, 1.54) is 58.3 Å². The monoisotopic (exact) mass is 281 g/mol. The molecule has 0 atom stereocenters. The van der Waals surface area contributed by atoms with Crippen LogP contribution in [0.5, 0.6) is 0 Å². The molecule has 0 unspecified atom stereocenters. The molecule has 20 heavy (non-hydrogen) atoms. The zero-order valence-electron chi connectivity index (χ0n) is 12.9. The molecule has 0 aliphatic carbocycles. The highest BCUT2D eigenvalue weighted by atomic mass is 16.5. The van der Waals surface area contributed by atoms with Gasteiger partial charge in [0.15, 0.2) is 0 Å². The normalized spacial score (nSPS) is 30.4. The number of hydrogen-bond acceptors (Lipinski definition) is 4. The summed E-state index contributed by atoms with van der Waals surface area (Å²) in [6.07, 6.45) is 8.99. The van der Waals surface area contributed by atoms with Crippen LogP contribution in [0, 0.1) is 0 Å². The van der Waals surface area contributed by atoms with E-state index in [9.17, 15) is 0 Å². The predicted molar refractivity (Wildman–Crippen MR) is 81.9 cm³/mol. The van der Waals surface area contributed by atoms with Gasteiger partial charge in [-0.3, -0.25) is 0 Å². The molecule has 0 saturated carbocycles. The number of nitrogens with zero attached hydrogens (tertiary/aromatic N) is 2. The van der Waals surface area contributed by atoms with E-state index in [1.54, 1.807) is 0 Å². The lowest BCUT2D eigenvalue weighted by Gasteiger charge is -2.43. The van der Waals surface area contributed by atoms with Crippen LogP contribution in [-0.2, 0) is 4.74 Å². The molecule has 0 aromatic carbocycles. The molecule has 0 spiro atoms. The van der Waals surface area contributed by atoms with Gasteiger partial charge in [-0.25, -0.2) is 0 Å². The fourth-order valence-corrected chi connectivity index (χ4v) is 4.11. The van der Waals surface area contributed by atoms with Crippen molar-refractivity contribution in [2.75, 3.05) is 45.9 Å². The molecule has 0 amide bonds. The van der Waals surface area contributed by atoms with Crippen LogP contribution in [0.1, 0.15) is 44.9 Å². The second-order valence-electron chi connectivity index (χ2n) is 7.08. The topological polar surface area (TPSA) is 41.7 Å². The number of ether oxygens (including phenoxy) is 1. The van der Waals surface area contributed by atoms with Crippen LogP contribution in [0.4, 0.5) is 0 Å². The molecular weight excluding hydrogens is 250 g/mol. The largest absolute Gasteiger partial charge is 0.381 e. The first-order valence-electron chi connectivity index (χ1n) is 8.58. The van der Waals surface area contributed by atoms with Crippen molar-refractivity contribution in [3.05, 3.63) is 0 Å². The Balaban J connectivity index is 1.43. The number of rotatable bonds is 3. The van der Waals surface area contributed by atoms with E-state index >= 15 is 0 Å². The number of hydrogen-bond donors (Lipinski definition) is 1. The molecule has 116 valence electrons. The van der Waals surface area contributed by atoms with Gasteiger partial charge in [-0.1, -0.05) is 6.42 Å². The van der Waals surface area contributed by atoms with Crippen LogP contribution in [0.3, 0.4) is 0 Å². The van der Waals surface area contributed by atoms with Crippen molar-refractivity contribution in [1.82, 2.24) is 9.80 Å². The Kier molecular flexibility index (Phi) is 4.97. The lowest BCUT2D eigenvalue weighted by atomic mass is 9.89. The maximum atomic E-state index is 6.54. The van der Waals surface area contributed by atoms with Gasteiger partial charge in [0.1, 0.15) is 0 Å². The van der Waals surface area contributed by atoms with Crippen LogP contribution in [0.15, 0.2) is 0 Å². The maximum Gasteiger partial charge on any atom is 0.0484 e. The summed E-state index contributed by atoms with van der Waals surface area (Å²) in [6, 6.07) is 0.843. The van der Waals surface area contributed by atoms with E-state index in [-0.39, 0.29) is 5.54 Å². The molecule has 0 aromatic rings. The van der Waals surface area contributed by atoms with E-state index < -0.39 is 0 Å². The Morgan fingerprint density at radius 3 is 2.25 bits per heavy atom. The van der Waals surface area contributed by atoms with Crippen molar-refractivity contribution < 1.29 is 4.74 Å². The van der Waals surface area contributed by atoms with Gasteiger partial charge in [-0.05, 0) is 64.7 Å². The quantitative estimate of drug-likeness (QED) is 0.850. The van der Waals surface area contributed by atoms with Gasteiger partial charge in [0.05, 0.1) is 0 Å². The van der Waals surface area contributed by atoms with Crippen molar-refractivity contribution in [3.63, 3.8) is 0 Å². The average molecular weight is 281 g/mol. The molecule has 3 fully saturated rings. The summed E-state index contributed by atoms with van der Waals surface area (Å²) in [7, 11) is 0. The standard InChI is InChI=1S/C16H31N3O/c17-16(6-12-20-13-7-16)14-18-10-4-15(5-11-18)19-8-2-1-3-9-19/h15H,1-14,17H2. The van der Waals surface area contributed by atoms with Crippen molar-refractivity contribution in [2.24, 2.45) is 5.73 Å². The van der Waals surface area contributed by atoms with Crippen molar-refractivity contribution >= 4 is 0 Å². The van der Waals surface area contributed by atoms with Crippen LogP contribution in [0.2, 0.25) is 0 Å². The molecule has 3 rings (SSSR count). The number of nitrogens with two attached hydrogens (primary N) is 1. The van der Waals surface area contributed by atoms with E-state index in [0.717, 1.165) is 38.6 Å². The molecule has 2 N–H and O–H groups in total. The molecule has 0 bridgehead atoms. The molecule has 3 heterocycles. The van der Waals surface area contributed by atoms with Gasteiger partial charge in [-0.15, -0.1) is 0 Å². The summed E-state index contributed by atoms with van der Waals surface area (Å²) in [5.41, 5.74) is 6.55. The van der Waals surface area contributed by atoms with Gasteiger partial charge in [0, 0.05) is 31.3 Å². The van der Waals surface area contributed by atoms with Crippen LogP contribution in [0.25, 0.3) is 0 Å². The van der Waals surface area contributed by atoms with E-state index in [0.29, 0.717) is 0 Å². The van der Waals surface area contributed by atoms with E-state index in [4.69, 9.17) is 10.5 Å². The van der Waals surface area contributed by atoms with Gasteiger partial charge in [-0.2, -0.15) is 0 Å². The fraction of sp³-hybridized carbons (Fsp3) is 1.00. The number of piperidine rings is 2. The first-order chi connectivity index (χ1) is 9.75. The molecule has 4 nitrogen and oxygen atoms in total. The van der Waals surface area contributed by atoms with Crippen molar-refractivity contribution in [3.8, 4) is 0 Å². The minimum absolute atomic E-state index is 0.0101. The zero-order chi connectivity index (χ0) is 13.8. The molecular formula is C16H31N3O. The second-order valence-corrected chi connectivity index (χ2v) is 7.08. The molecule has 3 aliphatic heterocycles. The average Bonchev–Trinajstić information content (AvgIpc) is 2.49. The lowest BCUT2D eigenvalue weighted by Crippen LogP contribution is -2.56. The predicted octanol–water partition coefficient (Wildman–Crippen LogP) is 1.44. The SMILES string of the molecule is NC1(CN2CCC(N3CCCCC3)CC2)CCOCC1. The first kappa shape index (κ1) is 14.8. The highest BCUT2D eigenvalue weighted by molar-refractivity contribution is 4.91. The van der Waals surface area contributed by atoms with Gasteiger partial charge in [0.2, 0.25) is 0 Å². The van der Waals surface area contributed by atoms with E-state index in [1.807, 2.05) is 0 Å². The van der Waals surface area contributed by atoms with Crippen molar-refractivity contribution in [2.45, 2.75) is 56.5 Å². The van der Waals surface area contributed by atoms with E-state index in [2.05, 4.69) is 9.80 Å². The fourth-order valence-electron chi connectivity index (χ4n) is 4.11. The summed E-state index contributed by atoms with van der Waals surface area (Å²) >= 11 is 0. The Hall–Kier alpha value is -0.160. The second kappa shape index (κ2) is 6.73. The van der Waals surface area contributed by atoms with Crippen molar-refractivity contribution in [1.29, 1.82) is 0 Å². The molecule has 3 saturated heterocycles. The highest BCUT2D eigenvalue weighted by Gasteiger charge is 2.32. The van der Waals surface area contributed by atoms with Crippen LogP contribution in [-0.4, -0.2) is 67.3 Å². The van der Waals surface area contributed by atoms with Gasteiger partial charge >= 0.3 is 0 Å². The highest BCUT2D eigenvalue weighted by Crippen LogP contribution is 2.24. The lowest BCUT2D eigenvalue weighted by molar-refractivity contribution is 0.0260. The third kappa shape index (κ3) is 3.73. The Labute approximate surface area is 123 Å². The summed E-state index contributed by atoms with van der Waals surface area (Å²) in [4.78, 5) is 5.35. The summed E-state index contributed by atoms with van der Waals surface area (Å²) < 4.78 is 5.45. The maximum absolute atomic E-state index is 6.54. The van der Waals surface area contributed by atoms with Gasteiger partial charge < -0.3 is 20.3 Å². The minimum Gasteiger partial charge on any atom is -0.381 e. The first-order valence-corrected chi connectivity index (χ1v) is 8.58. The van der Waals surface area contributed by atoms with Gasteiger partial charge in [0.25, 0.3) is 0 Å².